The lowest BCUT2D eigenvalue weighted by Crippen LogP contribution is -2.56. The highest BCUT2D eigenvalue weighted by Gasteiger charge is 2.33. The molecule has 4 nitrogen and oxygen atoms in total. The second kappa shape index (κ2) is 6.57. The van der Waals surface area contributed by atoms with Gasteiger partial charge in [0, 0.05) is 51.7 Å². The van der Waals surface area contributed by atoms with Crippen LogP contribution in [0, 0.1) is 12.8 Å². The Balaban J connectivity index is 1.49. The summed E-state index contributed by atoms with van der Waals surface area (Å²) in [5, 5.41) is 0.563. The van der Waals surface area contributed by atoms with E-state index in [0.717, 1.165) is 51.4 Å². The molecule has 1 aromatic rings. The number of carbonyl (C=O) groups excluding carboxylic acids is 1. The zero-order chi connectivity index (χ0) is 15.7. The molecule has 3 rings (SSSR count). The van der Waals surface area contributed by atoms with Gasteiger partial charge in [-0.25, -0.2) is 0 Å². The first-order valence-electron chi connectivity index (χ1n) is 7.99. The number of piperazine rings is 1. The van der Waals surface area contributed by atoms with Gasteiger partial charge in [-0.1, -0.05) is 17.7 Å². The molecule has 0 spiro atoms. The summed E-state index contributed by atoms with van der Waals surface area (Å²) in [6, 6.07) is 5.64. The van der Waals surface area contributed by atoms with E-state index < -0.39 is 0 Å². The lowest BCUT2D eigenvalue weighted by atomic mass is 9.97. The third-order valence-electron chi connectivity index (χ3n) is 4.71. The van der Waals surface area contributed by atoms with Crippen molar-refractivity contribution in [1.82, 2.24) is 14.7 Å². The van der Waals surface area contributed by atoms with Crippen LogP contribution < -0.4 is 0 Å². The molecule has 2 aliphatic heterocycles. The first-order chi connectivity index (χ1) is 10.5. The minimum atomic E-state index is 0.0691. The Morgan fingerprint density at radius 2 is 1.91 bits per heavy atom. The van der Waals surface area contributed by atoms with E-state index in [4.69, 9.17) is 11.6 Å². The zero-order valence-electron chi connectivity index (χ0n) is 13.4. The molecule has 1 amide bonds. The Kier molecular flexibility index (Phi) is 4.71. The van der Waals surface area contributed by atoms with Crippen molar-refractivity contribution in [2.24, 2.45) is 5.92 Å². The van der Waals surface area contributed by atoms with E-state index in [0.29, 0.717) is 16.5 Å². The van der Waals surface area contributed by atoms with Gasteiger partial charge >= 0.3 is 0 Å². The number of aryl methyl sites for hydroxylation is 1. The molecule has 0 atom stereocenters. The number of hydrogen-bond donors (Lipinski definition) is 0. The number of likely N-dealkylation sites (N-methyl/N-ethyl adjacent to an activating group) is 1. The quantitative estimate of drug-likeness (QED) is 0.851. The SMILES string of the molecule is Cc1ccc(C(=O)N2CC(CN3CCN(C)CC3)C2)c(Cl)c1. The predicted molar refractivity (Wildman–Crippen MR) is 89.5 cm³/mol. The Hall–Kier alpha value is -1.10. The third-order valence-corrected chi connectivity index (χ3v) is 5.02. The van der Waals surface area contributed by atoms with E-state index >= 15 is 0 Å². The average molecular weight is 322 g/mol. The molecule has 5 heteroatoms. The Bertz CT molecular complexity index is 549. The molecule has 0 unspecified atom stereocenters. The fourth-order valence-corrected chi connectivity index (χ4v) is 3.53. The largest absolute Gasteiger partial charge is 0.338 e. The highest BCUT2D eigenvalue weighted by atomic mass is 35.5. The number of benzene rings is 1. The van der Waals surface area contributed by atoms with Crippen LogP contribution in [0.1, 0.15) is 15.9 Å². The van der Waals surface area contributed by atoms with Crippen molar-refractivity contribution in [3.63, 3.8) is 0 Å². The smallest absolute Gasteiger partial charge is 0.255 e. The van der Waals surface area contributed by atoms with E-state index in [1.54, 1.807) is 0 Å². The van der Waals surface area contributed by atoms with Crippen LogP contribution in [0.4, 0.5) is 0 Å². The maximum atomic E-state index is 12.5. The fourth-order valence-electron chi connectivity index (χ4n) is 3.21. The zero-order valence-corrected chi connectivity index (χ0v) is 14.1. The summed E-state index contributed by atoms with van der Waals surface area (Å²) in [5.41, 5.74) is 1.71. The van der Waals surface area contributed by atoms with Gasteiger partial charge in [0.05, 0.1) is 10.6 Å². The number of carbonyl (C=O) groups is 1. The van der Waals surface area contributed by atoms with Crippen molar-refractivity contribution < 1.29 is 4.79 Å². The van der Waals surface area contributed by atoms with Gasteiger partial charge in [-0.05, 0) is 31.7 Å². The third kappa shape index (κ3) is 3.45. The molecule has 0 saturated carbocycles. The molecular formula is C17H24ClN3O. The number of likely N-dealkylation sites (tertiary alicyclic amines) is 1. The second-order valence-corrected chi connectivity index (χ2v) is 7.07. The maximum Gasteiger partial charge on any atom is 0.255 e. The minimum absolute atomic E-state index is 0.0691. The summed E-state index contributed by atoms with van der Waals surface area (Å²) >= 11 is 6.19. The van der Waals surface area contributed by atoms with Crippen LogP contribution >= 0.6 is 11.6 Å². The molecule has 120 valence electrons. The molecule has 2 fully saturated rings. The number of halogens is 1. The number of hydrogen-bond acceptors (Lipinski definition) is 3. The number of nitrogens with zero attached hydrogens (tertiary/aromatic N) is 3. The van der Waals surface area contributed by atoms with Crippen molar-refractivity contribution >= 4 is 17.5 Å². The van der Waals surface area contributed by atoms with Crippen LogP contribution in [0.2, 0.25) is 5.02 Å². The molecule has 22 heavy (non-hydrogen) atoms. The van der Waals surface area contributed by atoms with Crippen LogP contribution in [0.25, 0.3) is 0 Å². The molecule has 2 saturated heterocycles. The molecule has 0 aromatic heterocycles. The van der Waals surface area contributed by atoms with Gasteiger partial charge in [-0.3, -0.25) is 4.79 Å². The molecule has 0 N–H and O–H groups in total. The van der Waals surface area contributed by atoms with E-state index in [2.05, 4.69) is 16.8 Å². The summed E-state index contributed by atoms with van der Waals surface area (Å²) in [5.74, 6) is 0.677. The van der Waals surface area contributed by atoms with Crippen molar-refractivity contribution in [3.05, 3.63) is 34.3 Å². The first kappa shape index (κ1) is 15.8. The van der Waals surface area contributed by atoms with Crippen LogP contribution in [0.15, 0.2) is 18.2 Å². The van der Waals surface area contributed by atoms with Crippen LogP contribution in [0.5, 0.6) is 0 Å². The summed E-state index contributed by atoms with van der Waals surface area (Å²) in [7, 11) is 2.17. The molecule has 0 aliphatic carbocycles. The first-order valence-corrected chi connectivity index (χ1v) is 8.37. The Labute approximate surface area is 137 Å². The van der Waals surface area contributed by atoms with Crippen molar-refractivity contribution in [2.45, 2.75) is 6.92 Å². The van der Waals surface area contributed by atoms with E-state index in [9.17, 15) is 4.79 Å². The highest BCUT2D eigenvalue weighted by Crippen LogP contribution is 2.24. The van der Waals surface area contributed by atoms with Crippen LogP contribution in [0.3, 0.4) is 0 Å². The van der Waals surface area contributed by atoms with Gasteiger partial charge in [-0.2, -0.15) is 0 Å². The topological polar surface area (TPSA) is 26.8 Å². The second-order valence-electron chi connectivity index (χ2n) is 6.66. The van der Waals surface area contributed by atoms with Gasteiger partial charge in [0.15, 0.2) is 0 Å². The predicted octanol–water partition coefficient (Wildman–Crippen LogP) is 1.97. The molecule has 0 radical (unpaired) electrons. The molecule has 2 heterocycles. The Morgan fingerprint density at radius 3 is 2.55 bits per heavy atom. The normalized spacial score (nSPS) is 21.0. The van der Waals surface area contributed by atoms with E-state index in [1.807, 2.05) is 30.0 Å². The van der Waals surface area contributed by atoms with Gasteiger partial charge in [0.2, 0.25) is 0 Å². The van der Waals surface area contributed by atoms with Crippen molar-refractivity contribution in [1.29, 1.82) is 0 Å². The van der Waals surface area contributed by atoms with Crippen molar-refractivity contribution in [2.75, 3.05) is 52.9 Å². The van der Waals surface area contributed by atoms with Crippen LogP contribution in [-0.2, 0) is 0 Å². The number of amides is 1. The van der Waals surface area contributed by atoms with Gasteiger partial charge < -0.3 is 14.7 Å². The molecule has 0 bridgehead atoms. The Morgan fingerprint density at radius 1 is 1.23 bits per heavy atom. The lowest BCUT2D eigenvalue weighted by Gasteiger charge is -2.43. The molecular weight excluding hydrogens is 298 g/mol. The van der Waals surface area contributed by atoms with Crippen LogP contribution in [-0.4, -0.2) is 73.5 Å². The highest BCUT2D eigenvalue weighted by molar-refractivity contribution is 6.33. The summed E-state index contributed by atoms with van der Waals surface area (Å²) in [6.07, 6.45) is 0. The standard InChI is InChI=1S/C17H24ClN3O/c1-13-3-4-15(16(18)9-13)17(22)21-11-14(12-21)10-20-7-5-19(2)6-8-20/h3-4,9,14H,5-8,10-12H2,1-2H3. The van der Waals surface area contributed by atoms with Gasteiger partial charge in [0.25, 0.3) is 5.91 Å². The average Bonchev–Trinajstić information content (AvgIpc) is 2.43. The molecule has 2 aliphatic rings. The maximum absolute atomic E-state index is 12.5. The number of rotatable bonds is 3. The van der Waals surface area contributed by atoms with E-state index in [-0.39, 0.29) is 5.91 Å². The van der Waals surface area contributed by atoms with E-state index in [1.165, 1.54) is 0 Å². The summed E-state index contributed by atoms with van der Waals surface area (Å²) in [4.78, 5) is 19.3. The van der Waals surface area contributed by atoms with Gasteiger partial charge in [-0.15, -0.1) is 0 Å². The lowest BCUT2D eigenvalue weighted by molar-refractivity contribution is 0.0359. The monoisotopic (exact) mass is 321 g/mol. The minimum Gasteiger partial charge on any atom is -0.338 e. The summed E-state index contributed by atoms with van der Waals surface area (Å²) in [6.45, 7) is 9.39. The van der Waals surface area contributed by atoms with Gasteiger partial charge in [0.1, 0.15) is 0 Å². The van der Waals surface area contributed by atoms with Crippen molar-refractivity contribution in [3.8, 4) is 0 Å². The molecule has 1 aromatic carbocycles. The summed E-state index contributed by atoms with van der Waals surface area (Å²) < 4.78 is 0. The fraction of sp³-hybridized carbons (Fsp3) is 0.588.